The van der Waals surface area contributed by atoms with Gasteiger partial charge in [0.25, 0.3) is 0 Å². The predicted molar refractivity (Wildman–Crippen MR) is 90.4 cm³/mol. The molecular formula is C19H19NO3. The molecule has 118 valence electrons. The highest BCUT2D eigenvalue weighted by atomic mass is 16.5. The van der Waals surface area contributed by atoms with E-state index in [0.717, 1.165) is 40.8 Å². The minimum atomic E-state index is 0.161. The summed E-state index contributed by atoms with van der Waals surface area (Å²) in [5, 5.41) is 10.9. The van der Waals surface area contributed by atoms with Gasteiger partial charge < -0.3 is 14.6 Å². The Kier molecular flexibility index (Phi) is 4.33. The van der Waals surface area contributed by atoms with E-state index >= 15 is 0 Å². The first-order valence-electron chi connectivity index (χ1n) is 7.50. The van der Waals surface area contributed by atoms with Crippen LogP contribution in [0.1, 0.15) is 11.3 Å². The Morgan fingerprint density at radius 1 is 0.913 bits per heavy atom. The molecular weight excluding hydrogens is 290 g/mol. The Balaban J connectivity index is 1.83. The number of rotatable bonds is 5. The average Bonchev–Trinajstić information content (AvgIpc) is 2.59. The summed E-state index contributed by atoms with van der Waals surface area (Å²) in [5.41, 5.74) is 2.94. The van der Waals surface area contributed by atoms with Crippen LogP contribution in [0, 0.1) is 0 Å². The molecule has 1 heterocycles. The van der Waals surface area contributed by atoms with Crippen LogP contribution in [0.4, 0.5) is 0 Å². The van der Waals surface area contributed by atoms with Crippen molar-refractivity contribution in [3.63, 3.8) is 0 Å². The van der Waals surface area contributed by atoms with Crippen LogP contribution in [0.15, 0.2) is 48.5 Å². The van der Waals surface area contributed by atoms with Gasteiger partial charge in [0.05, 0.1) is 19.7 Å². The van der Waals surface area contributed by atoms with Crippen LogP contribution in [-0.4, -0.2) is 24.3 Å². The summed E-state index contributed by atoms with van der Waals surface area (Å²) in [4.78, 5) is 4.69. The maximum Gasteiger partial charge on any atom is 0.160 e. The molecule has 0 unspecified atom stereocenters. The lowest BCUT2D eigenvalue weighted by Crippen LogP contribution is -1.97. The third-order valence-corrected chi connectivity index (χ3v) is 3.86. The number of phenols is 1. The van der Waals surface area contributed by atoms with Crippen LogP contribution < -0.4 is 9.47 Å². The van der Waals surface area contributed by atoms with E-state index < -0.39 is 0 Å². The number of aromatic hydroxyl groups is 1. The van der Waals surface area contributed by atoms with Crippen molar-refractivity contribution < 1.29 is 14.6 Å². The first-order chi connectivity index (χ1) is 11.2. The smallest absolute Gasteiger partial charge is 0.160 e. The molecule has 0 aliphatic rings. The average molecular weight is 309 g/mol. The van der Waals surface area contributed by atoms with E-state index in [1.165, 1.54) is 0 Å². The highest BCUT2D eigenvalue weighted by molar-refractivity contribution is 5.85. The molecule has 23 heavy (non-hydrogen) atoms. The molecule has 0 saturated carbocycles. The van der Waals surface area contributed by atoms with Crippen molar-refractivity contribution in [3.8, 4) is 17.2 Å². The van der Waals surface area contributed by atoms with Crippen LogP contribution in [0.5, 0.6) is 17.2 Å². The molecule has 0 atom stereocenters. The number of hydrogen-bond acceptors (Lipinski definition) is 4. The zero-order valence-corrected chi connectivity index (χ0v) is 13.2. The molecule has 0 radical (unpaired) electrons. The van der Waals surface area contributed by atoms with Gasteiger partial charge in [-0.3, -0.25) is 4.98 Å². The number of phenolic OH excluding ortho intramolecular Hbond substituents is 1. The minimum absolute atomic E-state index is 0.161. The summed E-state index contributed by atoms with van der Waals surface area (Å²) < 4.78 is 10.5. The molecule has 0 bridgehead atoms. The zero-order valence-electron chi connectivity index (χ0n) is 13.2. The van der Waals surface area contributed by atoms with Gasteiger partial charge in [0, 0.05) is 17.1 Å². The van der Waals surface area contributed by atoms with Crippen molar-refractivity contribution in [1.29, 1.82) is 0 Å². The topological polar surface area (TPSA) is 51.6 Å². The Morgan fingerprint density at radius 2 is 1.70 bits per heavy atom. The van der Waals surface area contributed by atoms with E-state index in [-0.39, 0.29) is 5.75 Å². The number of aromatic nitrogens is 1. The number of ether oxygens (including phenoxy) is 2. The van der Waals surface area contributed by atoms with E-state index in [4.69, 9.17) is 9.47 Å². The van der Waals surface area contributed by atoms with Crippen molar-refractivity contribution in [1.82, 2.24) is 4.98 Å². The molecule has 0 amide bonds. The fourth-order valence-electron chi connectivity index (χ4n) is 2.66. The number of nitrogens with zero attached hydrogens (tertiary/aromatic N) is 1. The molecule has 3 rings (SSSR count). The summed E-state index contributed by atoms with van der Waals surface area (Å²) in [6.45, 7) is 0. The molecule has 0 saturated heterocycles. The van der Waals surface area contributed by atoms with Gasteiger partial charge in [-0.15, -0.1) is 0 Å². The predicted octanol–water partition coefficient (Wildman–Crippen LogP) is 3.74. The van der Waals surface area contributed by atoms with Crippen molar-refractivity contribution in [2.24, 2.45) is 0 Å². The van der Waals surface area contributed by atoms with Crippen molar-refractivity contribution >= 4 is 10.9 Å². The van der Waals surface area contributed by atoms with E-state index in [0.29, 0.717) is 5.75 Å². The number of benzene rings is 2. The Labute approximate surface area is 135 Å². The number of aryl methyl sites for hydroxylation is 2. The van der Waals surface area contributed by atoms with Gasteiger partial charge in [0.2, 0.25) is 0 Å². The third-order valence-electron chi connectivity index (χ3n) is 3.86. The molecule has 2 aromatic carbocycles. The number of pyridine rings is 1. The maximum absolute atomic E-state index is 9.85. The van der Waals surface area contributed by atoms with Crippen LogP contribution >= 0.6 is 0 Å². The van der Waals surface area contributed by atoms with Gasteiger partial charge in [0.1, 0.15) is 5.75 Å². The van der Waals surface area contributed by atoms with E-state index in [9.17, 15) is 5.11 Å². The number of methoxy groups -OCH3 is 2. The zero-order chi connectivity index (χ0) is 16.2. The van der Waals surface area contributed by atoms with Crippen LogP contribution in [0.25, 0.3) is 10.9 Å². The van der Waals surface area contributed by atoms with Gasteiger partial charge in [-0.05, 0) is 42.7 Å². The second-order valence-electron chi connectivity index (χ2n) is 5.34. The number of fused-ring (bicyclic) bond motifs is 1. The van der Waals surface area contributed by atoms with E-state index in [1.807, 2.05) is 36.4 Å². The highest BCUT2D eigenvalue weighted by Gasteiger charge is 2.07. The van der Waals surface area contributed by atoms with Gasteiger partial charge in [-0.1, -0.05) is 18.2 Å². The van der Waals surface area contributed by atoms with Crippen molar-refractivity contribution in [3.05, 3.63) is 59.8 Å². The van der Waals surface area contributed by atoms with Crippen LogP contribution in [0.3, 0.4) is 0 Å². The Morgan fingerprint density at radius 3 is 2.43 bits per heavy atom. The molecule has 0 spiro atoms. The molecule has 3 aromatic rings. The second-order valence-corrected chi connectivity index (χ2v) is 5.34. The molecule has 1 aromatic heterocycles. The monoisotopic (exact) mass is 309 g/mol. The van der Waals surface area contributed by atoms with Crippen LogP contribution in [0.2, 0.25) is 0 Å². The first kappa shape index (κ1) is 15.2. The van der Waals surface area contributed by atoms with Gasteiger partial charge in [0.15, 0.2) is 11.5 Å². The fraction of sp³-hybridized carbons (Fsp3) is 0.211. The molecule has 4 heteroatoms. The summed E-state index contributed by atoms with van der Waals surface area (Å²) >= 11 is 0. The lowest BCUT2D eigenvalue weighted by atomic mass is 10.1. The SMILES string of the molecule is COc1ccc(CCc2cc(OC)c3ccccc3n2)cc1O. The van der Waals surface area contributed by atoms with Gasteiger partial charge in [-0.25, -0.2) is 0 Å². The number of para-hydroxylation sites is 1. The summed E-state index contributed by atoms with van der Waals surface area (Å²) in [7, 11) is 3.22. The minimum Gasteiger partial charge on any atom is -0.504 e. The summed E-state index contributed by atoms with van der Waals surface area (Å²) in [6.07, 6.45) is 1.55. The fourth-order valence-corrected chi connectivity index (χ4v) is 2.66. The van der Waals surface area contributed by atoms with Crippen molar-refractivity contribution in [2.45, 2.75) is 12.8 Å². The molecule has 0 aliphatic heterocycles. The van der Waals surface area contributed by atoms with Crippen molar-refractivity contribution in [2.75, 3.05) is 14.2 Å². The highest BCUT2D eigenvalue weighted by Crippen LogP contribution is 2.28. The summed E-state index contributed by atoms with van der Waals surface area (Å²) in [5.74, 6) is 1.48. The number of hydrogen-bond donors (Lipinski definition) is 1. The standard InChI is InChI=1S/C19H19NO3/c1-22-18-10-8-13(11-17(18)21)7-9-14-12-19(23-2)15-5-3-4-6-16(15)20-14/h3-6,8,10-12,21H,7,9H2,1-2H3. The summed E-state index contributed by atoms with van der Waals surface area (Å²) in [6, 6.07) is 15.4. The molecule has 1 N–H and O–H groups in total. The lowest BCUT2D eigenvalue weighted by molar-refractivity contribution is 0.373. The van der Waals surface area contributed by atoms with E-state index in [2.05, 4.69) is 4.98 Å². The third kappa shape index (κ3) is 3.21. The normalized spacial score (nSPS) is 10.7. The quantitative estimate of drug-likeness (QED) is 0.780. The lowest BCUT2D eigenvalue weighted by Gasteiger charge is -2.09. The largest absolute Gasteiger partial charge is 0.504 e. The maximum atomic E-state index is 9.85. The first-order valence-corrected chi connectivity index (χ1v) is 7.50. The van der Waals surface area contributed by atoms with Gasteiger partial charge in [-0.2, -0.15) is 0 Å². The Bertz CT molecular complexity index is 830. The Hall–Kier alpha value is -2.75. The molecule has 0 fully saturated rings. The van der Waals surface area contributed by atoms with E-state index in [1.54, 1.807) is 26.4 Å². The molecule has 4 nitrogen and oxygen atoms in total. The second kappa shape index (κ2) is 6.57. The van der Waals surface area contributed by atoms with Gasteiger partial charge >= 0.3 is 0 Å². The van der Waals surface area contributed by atoms with Crippen LogP contribution in [-0.2, 0) is 12.8 Å². The molecule has 0 aliphatic carbocycles.